The van der Waals surface area contributed by atoms with Gasteiger partial charge in [0.25, 0.3) is 10.0 Å². The average molecular weight is 534 g/mol. The van der Waals surface area contributed by atoms with E-state index in [9.17, 15) is 17.6 Å². The van der Waals surface area contributed by atoms with Crippen LogP contribution in [0.15, 0.2) is 70.2 Å². The van der Waals surface area contributed by atoms with E-state index in [1.807, 2.05) is 6.92 Å². The molecule has 0 saturated carbocycles. The summed E-state index contributed by atoms with van der Waals surface area (Å²) in [4.78, 5) is 12.0. The van der Waals surface area contributed by atoms with Crippen LogP contribution in [0.3, 0.4) is 0 Å². The van der Waals surface area contributed by atoms with Gasteiger partial charge in [0, 0.05) is 24.1 Å². The molecule has 0 radical (unpaired) electrons. The normalized spacial score (nSPS) is 11.7. The molecule has 0 atom stereocenters. The molecule has 0 aliphatic carbocycles. The molecule has 5 nitrogen and oxygen atoms in total. The van der Waals surface area contributed by atoms with Crippen LogP contribution in [0.5, 0.6) is 11.5 Å². The summed E-state index contributed by atoms with van der Waals surface area (Å²) in [5.74, 6) is -2.08. The molecule has 0 aliphatic rings. The fourth-order valence-corrected chi connectivity index (χ4v) is 5.33. The third-order valence-corrected chi connectivity index (χ3v) is 7.65. The van der Waals surface area contributed by atoms with Crippen LogP contribution >= 0.6 is 15.9 Å². The third kappa shape index (κ3) is 4.18. The monoisotopic (exact) mass is 533 g/mol. The van der Waals surface area contributed by atoms with Crippen molar-refractivity contribution in [3.8, 4) is 11.5 Å². The van der Waals surface area contributed by atoms with E-state index in [0.717, 1.165) is 21.7 Å². The van der Waals surface area contributed by atoms with E-state index in [4.69, 9.17) is 4.74 Å². The lowest BCUT2D eigenvalue weighted by atomic mass is 10.1. The highest BCUT2D eigenvalue weighted by molar-refractivity contribution is 9.10. The molecule has 0 saturated heterocycles. The van der Waals surface area contributed by atoms with Crippen molar-refractivity contribution >= 4 is 42.6 Å². The molecular weight excluding hydrogens is 516 g/mol. The molecule has 0 N–H and O–H groups in total. The van der Waals surface area contributed by atoms with Gasteiger partial charge in [-0.1, -0.05) is 24.6 Å². The van der Waals surface area contributed by atoms with E-state index in [2.05, 4.69) is 15.9 Å². The molecule has 1 heterocycles. The maximum atomic E-state index is 15.1. The lowest BCUT2D eigenvalue weighted by Crippen LogP contribution is -2.12. The average Bonchev–Trinajstić information content (AvgIpc) is 3.22. The molecule has 33 heavy (non-hydrogen) atoms. The summed E-state index contributed by atoms with van der Waals surface area (Å²) in [6.07, 6.45) is 1.44. The van der Waals surface area contributed by atoms with Gasteiger partial charge in [-0.05, 0) is 59.3 Å². The van der Waals surface area contributed by atoms with Gasteiger partial charge < -0.3 is 4.74 Å². The van der Waals surface area contributed by atoms with E-state index >= 15 is 4.39 Å². The van der Waals surface area contributed by atoms with Crippen molar-refractivity contribution in [3.05, 3.63) is 88.0 Å². The highest BCUT2D eigenvalue weighted by Crippen LogP contribution is 2.40. The predicted octanol–water partition coefficient (Wildman–Crippen LogP) is 6.61. The van der Waals surface area contributed by atoms with Crippen LogP contribution in [0, 0.1) is 18.6 Å². The number of ether oxygens (including phenoxy) is 1. The zero-order valence-electron chi connectivity index (χ0n) is 17.6. The first kappa shape index (κ1) is 23.1. The van der Waals surface area contributed by atoms with Crippen molar-refractivity contribution in [1.29, 1.82) is 0 Å². The minimum Gasteiger partial charge on any atom is -0.453 e. The number of carbonyl (C=O) groups is 1. The molecule has 0 amide bonds. The molecule has 9 heteroatoms. The largest absolute Gasteiger partial charge is 0.453 e. The Bertz CT molecular complexity index is 1500. The number of ketones is 1. The molecular formula is C24H18BrF2NO4S. The Balaban J connectivity index is 1.78. The maximum absolute atomic E-state index is 15.1. The number of nitrogens with zero attached hydrogens (tertiary/aromatic N) is 1. The molecule has 3 aromatic carbocycles. The number of aromatic nitrogens is 1. The number of halogens is 3. The van der Waals surface area contributed by atoms with E-state index in [1.54, 1.807) is 19.1 Å². The van der Waals surface area contributed by atoms with Crippen molar-refractivity contribution in [3.63, 3.8) is 0 Å². The van der Waals surface area contributed by atoms with E-state index in [-0.39, 0.29) is 38.4 Å². The predicted molar refractivity (Wildman–Crippen MR) is 124 cm³/mol. The van der Waals surface area contributed by atoms with Crippen LogP contribution in [0.4, 0.5) is 8.78 Å². The Morgan fingerprint density at radius 2 is 1.73 bits per heavy atom. The van der Waals surface area contributed by atoms with Crippen LogP contribution in [-0.2, 0) is 10.0 Å². The zero-order chi connectivity index (χ0) is 23.9. The Kier molecular flexibility index (Phi) is 6.11. The lowest BCUT2D eigenvalue weighted by molar-refractivity contribution is 0.0984. The lowest BCUT2D eigenvalue weighted by Gasteiger charge is -2.13. The first-order valence-electron chi connectivity index (χ1n) is 9.95. The number of aryl methyl sites for hydroxylation is 1. The van der Waals surface area contributed by atoms with Crippen molar-refractivity contribution < 1.29 is 26.7 Å². The van der Waals surface area contributed by atoms with Gasteiger partial charge in [0.15, 0.2) is 17.3 Å². The Labute approximate surface area is 197 Å². The molecule has 0 bridgehead atoms. The Morgan fingerprint density at radius 3 is 2.39 bits per heavy atom. The van der Waals surface area contributed by atoms with Crippen LogP contribution in [-0.4, -0.2) is 18.2 Å². The Hall–Kier alpha value is -3.04. The number of rotatable bonds is 6. The SMILES string of the molecule is CCC(=O)c1cc(Oc2c(F)cc3c(ccn3S(=O)(=O)c3ccc(C)cc3)c2Br)ccc1F. The van der Waals surface area contributed by atoms with Crippen LogP contribution in [0.1, 0.15) is 29.3 Å². The molecule has 1 aromatic heterocycles. The first-order valence-corrected chi connectivity index (χ1v) is 12.2. The van der Waals surface area contributed by atoms with Gasteiger partial charge in [-0.25, -0.2) is 21.2 Å². The number of fused-ring (bicyclic) bond motifs is 1. The van der Waals surface area contributed by atoms with Crippen molar-refractivity contribution in [2.24, 2.45) is 0 Å². The highest BCUT2D eigenvalue weighted by atomic mass is 79.9. The number of carbonyl (C=O) groups excluding carboxylic acids is 1. The summed E-state index contributed by atoms with van der Waals surface area (Å²) < 4.78 is 62.1. The van der Waals surface area contributed by atoms with Gasteiger partial charge in [0.2, 0.25) is 0 Å². The highest BCUT2D eigenvalue weighted by Gasteiger charge is 2.23. The van der Waals surface area contributed by atoms with Gasteiger partial charge in [-0.3, -0.25) is 4.79 Å². The Morgan fingerprint density at radius 1 is 1.03 bits per heavy atom. The number of hydrogen-bond acceptors (Lipinski definition) is 4. The molecule has 4 rings (SSSR count). The standard InChI is InChI=1S/C24H18BrF2NO4S/c1-3-22(29)18-12-15(6-9-19(18)26)32-24-20(27)13-21-17(23(24)25)10-11-28(21)33(30,31)16-7-4-14(2)5-8-16/h4-13H,3H2,1-2H3. The molecule has 0 spiro atoms. The summed E-state index contributed by atoms with van der Waals surface area (Å²) in [7, 11) is -3.96. The van der Waals surface area contributed by atoms with Gasteiger partial charge in [-0.15, -0.1) is 0 Å². The van der Waals surface area contributed by atoms with Crippen LogP contribution in [0.25, 0.3) is 10.9 Å². The van der Waals surface area contributed by atoms with Crippen LogP contribution in [0.2, 0.25) is 0 Å². The third-order valence-electron chi connectivity index (χ3n) is 5.16. The molecule has 4 aromatic rings. The summed E-state index contributed by atoms with van der Waals surface area (Å²) in [6.45, 7) is 3.45. The number of benzene rings is 3. The van der Waals surface area contributed by atoms with Gasteiger partial charge in [-0.2, -0.15) is 0 Å². The molecule has 0 aliphatic heterocycles. The van der Waals surface area contributed by atoms with Crippen molar-refractivity contribution in [2.45, 2.75) is 25.2 Å². The summed E-state index contributed by atoms with van der Waals surface area (Å²) >= 11 is 3.30. The number of Topliss-reactive ketones (excluding diaryl/α,β-unsaturated/α-hetero) is 1. The van der Waals surface area contributed by atoms with Gasteiger partial charge in [0.1, 0.15) is 11.6 Å². The molecule has 170 valence electrons. The van der Waals surface area contributed by atoms with Crippen LogP contribution < -0.4 is 4.74 Å². The second-order valence-electron chi connectivity index (χ2n) is 7.38. The van der Waals surface area contributed by atoms with E-state index in [0.29, 0.717) is 5.39 Å². The van der Waals surface area contributed by atoms with Crippen molar-refractivity contribution in [1.82, 2.24) is 3.97 Å². The zero-order valence-corrected chi connectivity index (χ0v) is 20.0. The first-order chi connectivity index (χ1) is 15.6. The second-order valence-corrected chi connectivity index (χ2v) is 9.99. The minimum atomic E-state index is -3.96. The van der Waals surface area contributed by atoms with E-state index in [1.165, 1.54) is 36.5 Å². The topological polar surface area (TPSA) is 65.4 Å². The maximum Gasteiger partial charge on any atom is 0.268 e. The summed E-state index contributed by atoms with van der Waals surface area (Å²) in [5, 5.41) is 0.397. The fourth-order valence-electron chi connectivity index (χ4n) is 3.38. The summed E-state index contributed by atoms with van der Waals surface area (Å²) in [6, 6.07) is 12.5. The molecule has 0 unspecified atom stereocenters. The van der Waals surface area contributed by atoms with E-state index < -0.39 is 27.4 Å². The summed E-state index contributed by atoms with van der Waals surface area (Å²) in [5.41, 5.74) is 0.877. The smallest absolute Gasteiger partial charge is 0.268 e. The minimum absolute atomic E-state index is 0.0684. The number of hydrogen-bond donors (Lipinski definition) is 0. The quantitative estimate of drug-likeness (QED) is 0.261. The molecule has 0 fully saturated rings. The van der Waals surface area contributed by atoms with Gasteiger partial charge >= 0.3 is 0 Å². The second kappa shape index (κ2) is 8.72. The fraction of sp³-hybridized carbons (Fsp3) is 0.125. The van der Waals surface area contributed by atoms with Crippen molar-refractivity contribution in [2.75, 3.05) is 0 Å². The van der Waals surface area contributed by atoms with Gasteiger partial charge in [0.05, 0.1) is 20.4 Å².